The smallest absolute Gasteiger partial charge is 0.0685 e. The number of likely N-dealkylation sites (tertiary alicyclic amines) is 1. The van der Waals surface area contributed by atoms with Crippen LogP contribution in [0, 0.1) is 5.92 Å². The number of allylic oxidation sites excluding steroid dienone is 3. The number of likely N-dealkylation sites (N-methyl/N-ethyl adjacent to an activating group) is 1. The van der Waals surface area contributed by atoms with Crippen molar-refractivity contribution in [1.82, 2.24) is 4.90 Å². The van der Waals surface area contributed by atoms with Gasteiger partial charge >= 0.3 is 0 Å². The van der Waals surface area contributed by atoms with Crippen molar-refractivity contribution in [1.29, 1.82) is 0 Å². The topological polar surface area (TPSA) is 3.24 Å². The first-order valence-corrected chi connectivity index (χ1v) is 8.04. The Morgan fingerprint density at radius 2 is 2.10 bits per heavy atom. The van der Waals surface area contributed by atoms with Gasteiger partial charge in [0.15, 0.2) is 0 Å². The molecule has 1 fully saturated rings. The summed E-state index contributed by atoms with van der Waals surface area (Å²) >= 11 is 6.61. The molecule has 6 rings (SSSR count). The molecule has 1 aliphatic heterocycles. The van der Waals surface area contributed by atoms with Crippen LogP contribution in [0.4, 0.5) is 0 Å². The summed E-state index contributed by atoms with van der Waals surface area (Å²) in [5.41, 5.74) is 6.49. The molecule has 1 aromatic carbocycles. The van der Waals surface area contributed by atoms with E-state index in [0.717, 1.165) is 6.54 Å². The van der Waals surface area contributed by atoms with Crippen LogP contribution >= 0.6 is 24.0 Å². The van der Waals surface area contributed by atoms with Crippen LogP contribution < -0.4 is 0 Å². The predicted octanol–water partition coefficient (Wildman–Crippen LogP) is 4.23. The lowest BCUT2D eigenvalue weighted by molar-refractivity contribution is 0.163. The Morgan fingerprint density at radius 3 is 2.95 bits per heavy atom. The van der Waals surface area contributed by atoms with Gasteiger partial charge < -0.3 is 0 Å². The fraction of sp³-hybridized carbons (Fsp3) is 0.444. The molecule has 4 aliphatic carbocycles. The molecule has 1 aromatic rings. The van der Waals surface area contributed by atoms with Crippen molar-refractivity contribution in [3.05, 3.63) is 58.7 Å². The summed E-state index contributed by atoms with van der Waals surface area (Å²) in [6.07, 6.45) is 7.10. The number of halogens is 2. The van der Waals surface area contributed by atoms with Crippen LogP contribution in [-0.2, 0) is 5.54 Å². The van der Waals surface area contributed by atoms with Gasteiger partial charge in [-0.2, -0.15) is 0 Å². The van der Waals surface area contributed by atoms with Crippen LogP contribution in [0.5, 0.6) is 0 Å². The Kier molecular flexibility index (Phi) is 2.89. The molecule has 2 bridgehead atoms. The Morgan fingerprint density at radius 1 is 1.29 bits per heavy atom. The van der Waals surface area contributed by atoms with Crippen molar-refractivity contribution in [2.24, 2.45) is 5.92 Å². The lowest BCUT2D eigenvalue weighted by Gasteiger charge is -2.51. The average Bonchev–Trinajstić information content (AvgIpc) is 2.79. The number of rotatable bonds is 0. The maximum atomic E-state index is 6.61. The Hall–Kier alpha value is -0.760. The number of alkyl halides is 1. The maximum absolute atomic E-state index is 6.61. The highest BCUT2D eigenvalue weighted by Gasteiger charge is 2.58. The lowest BCUT2D eigenvalue weighted by Crippen LogP contribution is -2.47. The molecule has 0 amide bonds. The van der Waals surface area contributed by atoms with Gasteiger partial charge in [0.2, 0.25) is 0 Å². The van der Waals surface area contributed by atoms with Gasteiger partial charge in [0.1, 0.15) is 0 Å². The molecule has 1 heterocycles. The van der Waals surface area contributed by atoms with Crippen molar-refractivity contribution in [2.45, 2.75) is 29.7 Å². The van der Waals surface area contributed by atoms with E-state index in [1.54, 1.807) is 22.3 Å². The molecule has 1 nitrogen and oxygen atoms in total. The first-order chi connectivity index (χ1) is 9.73. The van der Waals surface area contributed by atoms with Crippen molar-refractivity contribution < 1.29 is 0 Å². The Bertz CT molecular complexity index is 678. The number of hydrogen-bond acceptors (Lipinski definition) is 1. The third-order valence-corrected chi connectivity index (χ3v) is 6.50. The van der Waals surface area contributed by atoms with Gasteiger partial charge in [0, 0.05) is 18.4 Å². The van der Waals surface area contributed by atoms with Crippen LogP contribution in [0.3, 0.4) is 0 Å². The highest BCUT2D eigenvalue weighted by Crippen LogP contribution is 2.63. The molecule has 0 radical (unpaired) electrons. The zero-order chi connectivity index (χ0) is 13.5. The number of benzene rings is 1. The van der Waals surface area contributed by atoms with Crippen molar-refractivity contribution in [3.8, 4) is 0 Å². The maximum Gasteiger partial charge on any atom is 0.0685 e. The minimum absolute atomic E-state index is 0. The first-order valence-electron chi connectivity index (χ1n) is 7.61. The second-order valence-electron chi connectivity index (χ2n) is 6.70. The number of hydrogen-bond donors (Lipinski definition) is 0. The normalized spacial score (nSPS) is 39.0. The molecular weight excluding hydrogens is 301 g/mol. The highest BCUT2D eigenvalue weighted by molar-refractivity contribution is 6.22. The number of nitrogens with zero attached hydrogens (tertiary/aromatic N) is 1. The van der Waals surface area contributed by atoms with Gasteiger partial charge in [-0.05, 0) is 42.2 Å². The largest absolute Gasteiger partial charge is 0.292 e. The van der Waals surface area contributed by atoms with E-state index in [1.807, 2.05) is 0 Å². The van der Waals surface area contributed by atoms with Crippen LogP contribution in [0.1, 0.15) is 29.9 Å². The molecule has 4 atom stereocenters. The molecule has 0 saturated carbocycles. The van der Waals surface area contributed by atoms with Crippen molar-refractivity contribution >= 4 is 24.0 Å². The molecule has 3 heteroatoms. The lowest BCUT2D eigenvalue weighted by atomic mass is 9.57. The van der Waals surface area contributed by atoms with E-state index in [9.17, 15) is 0 Å². The van der Waals surface area contributed by atoms with E-state index in [-0.39, 0.29) is 23.3 Å². The minimum atomic E-state index is 0. The Balaban J connectivity index is 0.00000115. The Labute approximate surface area is 137 Å². The number of fused-ring (bicyclic) bond motifs is 1. The third kappa shape index (κ3) is 1.43. The van der Waals surface area contributed by atoms with E-state index in [1.165, 1.54) is 12.8 Å². The molecule has 0 aromatic heterocycles. The summed E-state index contributed by atoms with van der Waals surface area (Å²) in [5.74, 6) is 1.12. The molecule has 21 heavy (non-hydrogen) atoms. The van der Waals surface area contributed by atoms with Gasteiger partial charge in [0.05, 0.1) is 10.9 Å². The monoisotopic (exact) mass is 319 g/mol. The molecular formula is C18H19Cl2N. The fourth-order valence-electron chi connectivity index (χ4n) is 5.31. The second kappa shape index (κ2) is 4.38. The SMILES string of the molecule is CN1CC2C3=C(C=CC2Cl)C2CCC31c1ccccc12.Cl. The summed E-state index contributed by atoms with van der Waals surface area (Å²) in [4.78, 5) is 2.57. The van der Waals surface area contributed by atoms with Crippen LogP contribution in [0.15, 0.2) is 47.6 Å². The molecule has 1 spiro atoms. The van der Waals surface area contributed by atoms with Crippen LogP contribution in [-0.4, -0.2) is 23.9 Å². The van der Waals surface area contributed by atoms with Crippen LogP contribution in [0.2, 0.25) is 0 Å². The van der Waals surface area contributed by atoms with Crippen molar-refractivity contribution in [3.63, 3.8) is 0 Å². The third-order valence-electron chi connectivity index (χ3n) is 6.05. The zero-order valence-electron chi connectivity index (χ0n) is 12.1. The highest BCUT2D eigenvalue weighted by atomic mass is 35.5. The van der Waals surface area contributed by atoms with E-state index < -0.39 is 0 Å². The zero-order valence-corrected chi connectivity index (χ0v) is 13.6. The van der Waals surface area contributed by atoms with Crippen LogP contribution in [0.25, 0.3) is 0 Å². The van der Waals surface area contributed by atoms with E-state index >= 15 is 0 Å². The van der Waals surface area contributed by atoms with Gasteiger partial charge in [-0.15, -0.1) is 24.0 Å². The van der Waals surface area contributed by atoms with Gasteiger partial charge in [-0.1, -0.05) is 36.4 Å². The first kappa shape index (κ1) is 13.9. The summed E-state index contributed by atoms with van der Waals surface area (Å²) in [5, 5.41) is 0.169. The summed E-state index contributed by atoms with van der Waals surface area (Å²) < 4.78 is 0. The van der Waals surface area contributed by atoms with Crippen molar-refractivity contribution in [2.75, 3.05) is 13.6 Å². The summed E-state index contributed by atoms with van der Waals surface area (Å²) in [6.45, 7) is 1.10. The summed E-state index contributed by atoms with van der Waals surface area (Å²) in [7, 11) is 2.29. The minimum Gasteiger partial charge on any atom is -0.292 e. The van der Waals surface area contributed by atoms with Gasteiger partial charge in [-0.3, -0.25) is 4.90 Å². The molecule has 0 N–H and O–H groups in total. The van der Waals surface area contributed by atoms with E-state index in [0.29, 0.717) is 11.8 Å². The standard InChI is InChI=1S/C18H18ClN.ClH/c1-20-10-14-16(19)7-6-13-11-8-9-18(20,17(13)14)15-5-3-2-4-12(11)15;/h2-7,11,14,16H,8-10H2,1H3;1H. The van der Waals surface area contributed by atoms with E-state index in [2.05, 4.69) is 48.4 Å². The second-order valence-corrected chi connectivity index (χ2v) is 7.20. The molecule has 110 valence electrons. The molecule has 1 saturated heterocycles. The van der Waals surface area contributed by atoms with Gasteiger partial charge in [0.25, 0.3) is 0 Å². The fourth-order valence-corrected chi connectivity index (χ4v) is 5.59. The molecule has 4 unspecified atom stereocenters. The predicted molar refractivity (Wildman–Crippen MR) is 89.3 cm³/mol. The van der Waals surface area contributed by atoms with E-state index in [4.69, 9.17) is 11.6 Å². The quantitative estimate of drug-likeness (QED) is 0.647. The average molecular weight is 320 g/mol. The summed E-state index contributed by atoms with van der Waals surface area (Å²) in [6, 6.07) is 9.09. The molecule has 5 aliphatic rings. The van der Waals surface area contributed by atoms with Gasteiger partial charge in [-0.25, -0.2) is 0 Å².